The van der Waals surface area contributed by atoms with Crippen molar-refractivity contribution in [1.82, 2.24) is 0 Å². The second-order valence-corrected chi connectivity index (χ2v) is 7.42. The first-order chi connectivity index (χ1) is 9.39. The monoisotopic (exact) mass is 287 g/mol. The Kier molecular flexibility index (Phi) is 2.87. The fraction of sp³-hybridized carbons (Fsp3) is 0.250. The molecule has 0 saturated heterocycles. The van der Waals surface area contributed by atoms with Gasteiger partial charge in [0.1, 0.15) is 0 Å². The van der Waals surface area contributed by atoms with Crippen LogP contribution in [0, 0.1) is 6.92 Å². The average Bonchev–Trinajstić information content (AvgIpc) is 2.39. The highest BCUT2D eigenvalue weighted by molar-refractivity contribution is 7.92. The SMILES string of the molecule is Cc1ccc2c(c1)S(=O)(=O)c1ccc(C(C)C)cc1N2. The van der Waals surface area contributed by atoms with Crippen LogP contribution in [-0.2, 0) is 9.84 Å². The molecule has 3 rings (SSSR count). The Labute approximate surface area is 119 Å². The van der Waals surface area contributed by atoms with Crippen LogP contribution >= 0.6 is 0 Å². The highest BCUT2D eigenvalue weighted by Gasteiger charge is 2.29. The minimum atomic E-state index is -3.43. The van der Waals surface area contributed by atoms with Gasteiger partial charge in [-0.2, -0.15) is 0 Å². The normalized spacial score (nSPS) is 15.4. The van der Waals surface area contributed by atoms with Gasteiger partial charge in [0.25, 0.3) is 0 Å². The summed E-state index contributed by atoms with van der Waals surface area (Å²) < 4.78 is 25.4. The molecule has 0 unspecified atom stereocenters. The molecule has 1 aliphatic rings. The van der Waals surface area contributed by atoms with E-state index < -0.39 is 9.84 Å². The van der Waals surface area contributed by atoms with E-state index in [9.17, 15) is 8.42 Å². The summed E-state index contributed by atoms with van der Waals surface area (Å²) in [6.07, 6.45) is 0. The maximum absolute atomic E-state index is 12.7. The first kappa shape index (κ1) is 13.2. The second kappa shape index (κ2) is 4.35. The van der Waals surface area contributed by atoms with Crippen molar-refractivity contribution in [1.29, 1.82) is 0 Å². The molecule has 0 spiro atoms. The van der Waals surface area contributed by atoms with Gasteiger partial charge in [0, 0.05) is 0 Å². The van der Waals surface area contributed by atoms with Crippen molar-refractivity contribution in [3.8, 4) is 0 Å². The molecule has 0 atom stereocenters. The molecule has 0 saturated carbocycles. The van der Waals surface area contributed by atoms with Crippen LogP contribution in [0.1, 0.15) is 30.9 Å². The predicted octanol–water partition coefficient (Wildman–Crippen LogP) is 4.01. The molecule has 1 heterocycles. The number of rotatable bonds is 1. The summed E-state index contributed by atoms with van der Waals surface area (Å²) in [6, 6.07) is 11.0. The molecule has 0 aromatic heterocycles. The van der Waals surface area contributed by atoms with Gasteiger partial charge in [0.05, 0.1) is 21.2 Å². The Bertz CT molecular complexity index is 792. The van der Waals surface area contributed by atoms with Crippen LogP contribution in [0.2, 0.25) is 0 Å². The van der Waals surface area contributed by atoms with Gasteiger partial charge in [-0.15, -0.1) is 0 Å². The van der Waals surface area contributed by atoms with Crippen molar-refractivity contribution >= 4 is 21.2 Å². The largest absolute Gasteiger partial charge is 0.353 e. The second-order valence-electron chi connectivity index (χ2n) is 5.54. The Hall–Kier alpha value is -1.81. The van der Waals surface area contributed by atoms with Gasteiger partial charge in [-0.1, -0.05) is 26.0 Å². The fourth-order valence-electron chi connectivity index (χ4n) is 2.46. The zero-order chi connectivity index (χ0) is 14.5. The molecule has 3 nitrogen and oxygen atoms in total. The summed E-state index contributed by atoms with van der Waals surface area (Å²) in [5, 5.41) is 3.24. The van der Waals surface area contributed by atoms with Crippen molar-refractivity contribution in [3.05, 3.63) is 47.5 Å². The van der Waals surface area contributed by atoms with Crippen LogP contribution in [-0.4, -0.2) is 8.42 Å². The van der Waals surface area contributed by atoms with E-state index in [2.05, 4.69) is 19.2 Å². The van der Waals surface area contributed by atoms with Gasteiger partial charge in [-0.25, -0.2) is 8.42 Å². The number of nitrogens with one attached hydrogen (secondary N) is 1. The van der Waals surface area contributed by atoms with Crippen molar-refractivity contribution in [2.24, 2.45) is 0 Å². The number of aryl methyl sites for hydroxylation is 1. The molecular formula is C16H17NO2S. The minimum Gasteiger partial charge on any atom is -0.353 e. The molecule has 2 aromatic carbocycles. The van der Waals surface area contributed by atoms with Crippen LogP contribution in [0.25, 0.3) is 0 Å². The van der Waals surface area contributed by atoms with Crippen LogP contribution in [0.5, 0.6) is 0 Å². The molecular weight excluding hydrogens is 270 g/mol. The number of benzene rings is 2. The third kappa shape index (κ3) is 1.91. The van der Waals surface area contributed by atoms with E-state index >= 15 is 0 Å². The molecule has 20 heavy (non-hydrogen) atoms. The number of hydrogen-bond donors (Lipinski definition) is 1. The Morgan fingerprint density at radius 2 is 1.70 bits per heavy atom. The molecule has 0 aliphatic carbocycles. The van der Waals surface area contributed by atoms with Gasteiger partial charge in [-0.05, 0) is 48.2 Å². The van der Waals surface area contributed by atoms with Gasteiger partial charge in [0.15, 0.2) is 0 Å². The van der Waals surface area contributed by atoms with E-state index in [0.29, 0.717) is 27.1 Å². The zero-order valence-corrected chi connectivity index (χ0v) is 12.6. The maximum Gasteiger partial charge on any atom is 0.210 e. The Morgan fingerprint density at radius 1 is 0.950 bits per heavy atom. The molecule has 0 fully saturated rings. The van der Waals surface area contributed by atoms with Crippen LogP contribution < -0.4 is 5.32 Å². The quantitative estimate of drug-likeness (QED) is 0.735. The van der Waals surface area contributed by atoms with Crippen molar-refractivity contribution in [2.45, 2.75) is 36.5 Å². The van der Waals surface area contributed by atoms with Crippen molar-refractivity contribution in [2.75, 3.05) is 5.32 Å². The van der Waals surface area contributed by atoms with Crippen LogP contribution in [0.4, 0.5) is 11.4 Å². The van der Waals surface area contributed by atoms with Gasteiger partial charge in [0.2, 0.25) is 9.84 Å². The summed E-state index contributed by atoms with van der Waals surface area (Å²) in [5.41, 5.74) is 3.40. The lowest BCUT2D eigenvalue weighted by atomic mass is 10.0. The number of anilines is 2. The Balaban J connectivity index is 2.24. The first-order valence-electron chi connectivity index (χ1n) is 6.66. The summed E-state index contributed by atoms with van der Waals surface area (Å²) >= 11 is 0. The molecule has 0 radical (unpaired) electrons. The molecule has 0 bridgehead atoms. The first-order valence-corrected chi connectivity index (χ1v) is 8.14. The van der Waals surface area contributed by atoms with Crippen LogP contribution in [0.15, 0.2) is 46.2 Å². The van der Waals surface area contributed by atoms with Gasteiger partial charge in [-0.3, -0.25) is 0 Å². The standard InChI is InChI=1S/C16H17NO2S/c1-10(2)12-5-7-15-14(9-12)17-13-6-4-11(3)8-16(13)20(15,18)19/h4-10,17H,1-3H3. The van der Waals surface area contributed by atoms with Crippen molar-refractivity contribution < 1.29 is 8.42 Å². The fourth-order valence-corrected chi connectivity index (χ4v) is 4.09. The molecule has 2 aromatic rings. The lowest BCUT2D eigenvalue weighted by Crippen LogP contribution is -2.14. The Morgan fingerprint density at radius 3 is 2.40 bits per heavy atom. The lowest BCUT2D eigenvalue weighted by molar-refractivity contribution is 0.595. The average molecular weight is 287 g/mol. The number of sulfone groups is 1. The smallest absolute Gasteiger partial charge is 0.210 e. The zero-order valence-electron chi connectivity index (χ0n) is 11.8. The molecule has 104 valence electrons. The maximum atomic E-state index is 12.7. The lowest BCUT2D eigenvalue weighted by Gasteiger charge is -2.23. The number of fused-ring (bicyclic) bond motifs is 2. The van der Waals surface area contributed by atoms with E-state index in [1.54, 1.807) is 12.1 Å². The molecule has 0 amide bonds. The summed E-state index contributed by atoms with van der Waals surface area (Å²) in [7, 11) is -3.43. The van der Waals surface area contributed by atoms with E-state index in [-0.39, 0.29) is 0 Å². The van der Waals surface area contributed by atoms with Gasteiger partial charge < -0.3 is 5.32 Å². The number of hydrogen-bond acceptors (Lipinski definition) is 3. The van der Waals surface area contributed by atoms with Crippen LogP contribution in [0.3, 0.4) is 0 Å². The molecule has 4 heteroatoms. The molecule has 1 N–H and O–H groups in total. The highest BCUT2D eigenvalue weighted by Crippen LogP contribution is 2.40. The third-order valence-electron chi connectivity index (χ3n) is 3.66. The predicted molar refractivity (Wildman–Crippen MR) is 80.4 cm³/mol. The van der Waals surface area contributed by atoms with E-state index in [0.717, 1.165) is 11.1 Å². The van der Waals surface area contributed by atoms with E-state index in [1.165, 1.54) is 0 Å². The van der Waals surface area contributed by atoms with Crippen molar-refractivity contribution in [3.63, 3.8) is 0 Å². The highest BCUT2D eigenvalue weighted by atomic mass is 32.2. The topological polar surface area (TPSA) is 46.2 Å². The van der Waals surface area contributed by atoms with E-state index in [4.69, 9.17) is 0 Å². The summed E-state index contributed by atoms with van der Waals surface area (Å²) in [4.78, 5) is 0.724. The summed E-state index contributed by atoms with van der Waals surface area (Å²) in [5.74, 6) is 0.365. The van der Waals surface area contributed by atoms with E-state index in [1.807, 2.05) is 31.2 Å². The minimum absolute atomic E-state index is 0.361. The third-order valence-corrected chi connectivity index (χ3v) is 5.51. The summed E-state index contributed by atoms with van der Waals surface area (Å²) in [6.45, 7) is 6.08. The molecule has 1 aliphatic heterocycles. The van der Waals surface area contributed by atoms with Gasteiger partial charge >= 0.3 is 0 Å².